The van der Waals surface area contributed by atoms with Gasteiger partial charge in [0, 0.05) is 34.3 Å². The van der Waals surface area contributed by atoms with Gasteiger partial charge < -0.3 is 10.6 Å². The van der Waals surface area contributed by atoms with E-state index in [0.717, 1.165) is 5.56 Å². The molecule has 0 aliphatic heterocycles. The van der Waals surface area contributed by atoms with E-state index in [1.165, 1.54) is 29.2 Å². The van der Waals surface area contributed by atoms with Gasteiger partial charge in [0.15, 0.2) is 5.82 Å². The van der Waals surface area contributed by atoms with Crippen LogP contribution in [-0.2, 0) is 16.0 Å². The lowest BCUT2D eigenvalue weighted by atomic mass is 10.0. The number of hydrogen-bond donors (Lipinski definition) is 3. The zero-order valence-electron chi connectivity index (χ0n) is 20.6. The van der Waals surface area contributed by atoms with E-state index in [2.05, 4.69) is 46.8 Å². The van der Waals surface area contributed by atoms with Crippen LogP contribution >= 0.6 is 11.6 Å². The first-order chi connectivity index (χ1) is 19.4. The fourth-order valence-electron chi connectivity index (χ4n) is 3.81. The van der Waals surface area contributed by atoms with Crippen LogP contribution in [0.1, 0.15) is 11.1 Å². The molecule has 2 aromatic heterocycles. The summed E-state index contributed by atoms with van der Waals surface area (Å²) in [6.45, 7) is 0. The van der Waals surface area contributed by atoms with E-state index >= 15 is 0 Å². The Bertz CT molecular complexity index is 1620. The van der Waals surface area contributed by atoms with E-state index in [1.807, 2.05) is 0 Å². The lowest BCUT2D eigenvalue weighted by Crippen LogP contribution is -2.44. The summed E-state index contributed by atoms with van der Waals surface area (Å²) in [6.07, 6.45) is 4.37. The molecule has 200 valence electrons. The van der Waals surface area contributed by atoms with Crippen LogP contribution in [0.4, 0.5) is 10.1 Å². The van der Waals surface area contributed by atoms with E-state index in [-0.39, 0.29) is 6.42 Å². The van der Waals surface area contributed by atoms with Gasteiger partial charge in [0.25, 0.3) is 0 Å². The van der Waals surface area contributed by atoms with Crippen molar-refractivity contribution in [3.63, 3.8) is 0 Å². The molecule has 0 spiro atoms. The number of amides is 2. The van der Waals surface area contributed by atoms with Gasteiger partial charge in [0.2, 0.25) is 11.8 Å². The number of nitrogens with zero attached hydrogens (tertiary/aromatic N) is 7. The van der Waals surface area contributed by atoms with Crippen LogP contribution in [0.3, 0.4) is 0 Å². The average molecular weight is 559 g/mol. The minimum Gasteiger partial charge on any atom is -0.340 e. The second kappa shape index (κ2) is 12.0. The molecule has 2 amide bonds. The number of aromatic nitrogens is 8. The van der Waals surface area contributed by atoms with E-state index in [4.69, 9.17) is 11.6 Å². The lowest BCUT2D eigenvalue weighted by Gasteiger charge is -2.18. The van der Waals surface area contributed by atoms with Gasteiger partial charge in [-0.25, -0.2) is 9.49 Å². The highest BCUT2D eigenvalue weighted by Gasteiger charge is 2.21. The molecule has 5 rings (SSSR count). The zero-order chi connectivity index (χ0) is 27.9. The fourth-order valence-corrected chi connectivity index (χ4v) is 3.99. The first-order valence-electron chi connectivity index (χ1n) is 11.9. The standard InChI is InChI=1S/C26H20ClFN10O2/c27-19-6-11-23(38-15-29-34-37-38)18(14-19)5-12-24(39)31-22(13-16-1-7-20(28)8-2-16)26(40)30-21-9-3-17(4-10-21)25-32-35-36-33-25/h1-12,14-15,22H,13H2,(H,30,40)(H,31,39)(H,32,33,35,36)/t22-/m0/s1. The molecule has 0 fully saturated rings. The van der Waals surface area contributed by atoms with Crippen molar-refractivity contribution in [1.29, 1.82) is 0 Å². The molecular formula is C26H20ClFN10O2. The number of hydrogen-bond acceptors (Lipinski definition) is 8. The van der Waals surface area contributed by atoms with Crippen molar-refractivity contribution in [1.82, 2.24) is 46.1 Å². The van der Waals surface area contributed by atoms with Crippen molar-refractivity contribution in [2.24, 2.45) is 0 Å². The summed E-state index contributed by atoms with van der Waals surface area (Å²) in [6, 6.07) is 16.6. The first-order valence-corrected chi connectivity index (χ1v) is 12.2. The molecule has 1 atom stereocenters. The molecular weight excluding hydrogens is 539 g/mol. The van der Waals surface area contributed by atoms with Crippen LogP contribution in [0.25, 0.3) is 23.2 Å². The van der Waals surface area contributed by atoms with Crippen molar-refractivity contribution >= 4 is 35.2 Å². The number of carbonyl (C=O) groups excluding carboxylic acids is 2. The van der Waals surface area contributed by atoms with Gasteiger partial charge in [-0.05, 0) is 87.1 Å². The molecule has 12 nitrogen and oxygen atoms in total. The van der Waals surface area contributed by atoms with Crippen molar-refractivity contribution < 1.29 is 14.0 Å². The van der Waals surface area contributed by atoms with Crippen molar-refractivity contribution in [3.05, 3.63) is 101 Å². The van der Waals surface area contributed by atoms with Crippen LogP contribution in [0.15, 0.2) is 79.1 Å². The van der Waals surface area contributed by atoms with Gasteiger partial charge in [-0.2, -0.15) is 4.68 Å². The maximum atomic E-state index is 13.4. The normalized spacial score (nSPS) is 11.8. The summed E-state index contributed by atoms with van der Waals surface area (Å²) in [7, 11) is 0. The smallest absolute Gasteiger partial charge is 0.247 e. The number of aromatic amines is 1. The molecule has 0 radical (unpaired) electrons. The van der Waals surface area contributed by atoms with Crippen LogP contribution in [0.5, 0.6) is 0 Å². The first kappa shape index (κ1) is 26.3. The third-order valence-electron chi connectivity index (χ3n) is 5.76. The molecule has 0 saturated carbocycles. The molecule has 2 heterocycles. The van der Waals surface area contributed by atoms with Crippen molar-refractivity contribution in [2.45, 2.75) is 12.5 Å². The van der Waals surface area contributed by atoms with Crippen molar-refractivity contribution in [2.75, 3.05) is 5.32 Å². The molecule has 0 bridgehead atoms. The Hall–Kier alpha value is -5.30. The number of rotatable bonds is 9. The summed E-state index contributed by atoms with van der Waals surface area (Å²) in [4.78, 5) is 26.2. The van der Waals surface area contributed by atoms with Crippen LogP contribution in [0, 0.1) is 5.82 Å². The van der Waals surface area contributed by atoms with Crippen LogP contribution in [-0.4, -0.2) is 58.7 Å². The predicted octanol–water partition coefficient (Wildman–Crippen LogP) is 3.01. The Morgan fingerprint density at radius 3 is 2.55 bits per heavy atom. The molecule has 3 aromatic carbocycles. The second-order valence-corrected chi connectivity index (χ2v) is 8.94. The summed E-state index contributed by atoms with van der Waals surface area (Å²) < 4.78 is 14.9. The number of carbonyl (C=O) groups is 2. The molecule has 0 unspecified atom stereocenters. The topological polar surface area (TPSA) is 156 Å². The Morgan fingerprint density at radius 2 is 1.85 bits per heavy atom. The summed E-state index contributed by atoms with van der Waals surface area (Å²) in [5, 5.41) is 30.7. The number of tetrazole rings is 2. The molecule has 5 aromatic rings. The monoisotopic (exact) mass is 558 g/mol. The SMILES string of the molecule is O=C(C=Cc1cc(Cl)ccc1-n1cnnn1)N[C@@H](Cc1ccc(F)cc1)C(=O)Nc1ccc(-c2nnn[nH]2)cc1. The maximum Gasteiger partial charge on any atom is 0.247 e. The number of halogens is 2. The number of anilines is 1. The van der Waals surface area contributed by atoms with Crippen LogP contribution < -0.4 is 10.6 Å². The third-order valence-corrected chi connectivity index (χ3v) is 5.99. The summed E-state index contributed by atoms with van der Waals surface area (Å²) in [5.41, 5.74) is 3.07. The van der Waals surface area contributed by atoms with Crippen LogP contribution in [0.2, 0.25) is 5.02 Å². The molecule has 0 aliphatic rings. The highest BCUT2D eigenvalue weighted by atomic mass is 35.5. The minimum absolute atomic E-state index is 0.126. The maximum absolute atomic E-state index is 13.4. The number of H-pyrrole nitrogens is 1. The van der Waals surface area contributed by atoms with Gasteiger partial charge >= 0.3 is 0 Å². The molecule has 0 aliphatic carbocycles. The number of benzene rings is 3. The average Bonchev–Trinajstić information content (AvgIpc) is 3.69. The number of nitrogens with one attached hydrogen (secondary N) is 3. The van der Waals surface area contributed by atoms with E-state index in [0.29, 0.717) is 33.3 Å². The van der Waals surface area contributed by atoms with E-state index in [1.54, 1.807) is 60.7 Å². The minimum atomic E-state index is -0.973. The summed E-state index contributed by atoms with van der Waals surface area (Å²) in [5.74, 6) is -0.914. The Labute approximate surface area is 231 Å². The van der Waals surface area contributed by atoms with Gasteiger partial charge in [0.05, 0.1) is 5.69 Å². The van der Waals surface area contributed by atoms with Gasteiger partial charge in [-0.3, -0.25) is 9.59 Å². The fraction of sp³-hybridized carbons (Fsp3) is 0.0769. The lowest BCUT2D eigenvalue weighted by molar-refractivity contribution is -0.123. The Morgan fingerprint density at radius 1 is 1.05 bits per heavy atom. The predicted molar refractivity (Wildman–Crippen MR) is 143 cm³/mol. The third kappa shape index (κ3) is 6.57. The van der Waals surface area contributed by atoms with Gasteiger partial charge in [0.1, 0.15) is 18.2 Å². The second-order valence-electron chi connectivity index (χ2n) is 8.50. The van der Waals surface area contributed by atoms with E-state index in [9.17, 15) is 14.0 Å². The van der Waals surface area contributed by atoms with Gasteiger partial charge in [-0.1, -0.05) is 23.7 Å². The molecule has 40 heavy (non-hydrogen) atoms. The molecule has 0 saturated heterocycles. The Balaban J connectivity index is 1.33. The zero-order valence-corrected chi connectivity index (χ0v) is 21.3. The highest BCUT2D eigenvalue weighted by molar-refractivity contribution is 6.30. The van der Waals surface area contributed by atoms with Gasteiger partial charge in [-0.15, -0.1) is 10.2 Å². The largest absolute Gasteiger partial charge is 0.340 e. The molecule has 3 N–H and O–H groups in total. The quantitative estimate of drug-likeness (QED) is 0.233. The highest BCUT2D eigenvalue weighted by Crippen LogP contribution is 2.21. The van der Waals surface area contributed by atoms with E-state index < -0.39 is 23.7 Å². The Kier molecular flexibility index (Phi) is 7.92. The summed E-state index contributed by atoms with van der Waals surface area (Å²) >= 11 is 6.15. The molecule has 14 heteroatoms. The van der Waals surface area contributed by atoms with Crippen molar-refractivity contribution in [3.8, 4) is 17.1 Å².